The molecule has 0 amide bonds. The van der Waals surface area contributed by atoms with Crippen molar-refractivity contribution in [3.63, 3.8) is 0 Å². The van der Waals surface area contributed by atoms with Crippen LogP contribution in [0.5, 0.6) is 0 Å². The fraction of sp³-hybridized carbons (Fsp3) is 0.200. The van der Waals surface area contributed by atoms with Gasteiger partial charge >= 0.3 is 0 Å². The predicted molar refractivity (Wildman–Crippen MR) is 82.8 cm³/mol. The van der Waals surface area contributed by atoms with Gasteiger partial charge in [0.2, 0.25) is 0 Å². The average Bonchev–Trinajstić information content (AvgIpc) is 2.80. The van der Waals surface area contributed by atoms with Crippen LogP contribution in [0.1, 0.15) is 5.56 Å². The van der Waals surface area contributed by atoms with Crippen LogP contribution in [0, 0.1) is 6.92 Å². The van der Waals surface area contributed by atoms with E-state index >= 15 is 0 Å². The molecule has 0 aliphatic rings. The molecule has 0 atom stereocenters. The highest BCUT2D eigenvalue weighted by molar-refractivity contribution is 5.78. The van der Waals surface area contributed by atoms with Crippen LogP contribution in [-0.2, 0) is 0 Å². The van der Waals surface area contributed by atoms with Gasteiger partial charge in [0, 0.05) is 25.3 Å². The molecule has 5 nitrogen and oxygen atoms in total. The number of nitrogens with one attached hydrogen (secondary N) is 1. The summed E-state index contributed by atoms with van der Waals surface area (Å²) in [5, 5.41) is 0. The van der Waals surface area contributed by atoms with E-state index in [0.717, 1.165) is 39.6 Å². The van der Waals surface area contributed by atoms with Crippen molar-refractivity contribution in [1.82, 2.24) is 15.0 Å². The number of anilines is 2. The minimum Gasteiger partial charge on any atom is -0.399 e. The Hall–Kier alpha value is -2.56. The van der Waals surface area contributed by atoms with Gasteiger partial charge in [0.05, 0.1) is 5.52 Å². The smallest absolute Gasteiger partial charge is 0.180 e. The maximum absolute atomic E-state index is 5.79. The first-order valence-corrected chi connectivity index (χ1v) is 6.45. The lowest BCUT2D eigenvalue weighted by molar-refractivity contribution is 1.08. The largest absolute Gasteiger partial charge is 0.399 e. The summed E-state index contributed by atoms with van der Waals surface area (Å²) in [5.74, 6) is 1.71. The number of nitrogens with zero attached hydrogens (tertiary/aromatic N) is 3. The summed E-state index contributed by atoms with van der Waals surface area (Å²) in [6.07, 6.45) is 0. The number of aryl methyl sites for hydroxylation is 1. The number of hydrogen-bond acceptors (Lipinski definition) is 4. The fourth-order valence-corrected chi connectivity index (χ4v) is 2.21. The Morgan fingerprint density at radius 3 is 2.60 bits per heavy atom. The summed E-state index contributed by atoms with van der Waals surface area (Å²) in [4.78, 5) is 14.4. The van der Waals surface area contributed by atoms with Gasteiger partial charge in [0.15, 0.2) is 5.65 Å². The summed E-state index contributed by atoms with van der Waals surface area (Å²) in [5.41, 5.74) is 10.3. The quantitative estimate of drug-likeness (QED) is 0.700. The van der Waals surface area contributed by atoms with Crippen LogP contribution in [0.25, 0.3) is 22.6 Å². The fourth-order valence-electron chi connectivity index (χ4n) is 2.21. The van der Waals surface area contributed by atoms with Crippen molar-refractivity contribution in [2.24, 2.45) is 0 Å². The number of benzene rings is 1. The molecule has 0 unspecified atom stereocenters. The Labute approximate surface area is 117 Å². The highest BCUT2D eigenvalue weighted by Gasteiger charge is 2.10. The Balaban J connectivity index is 2.13. The van der Waals surface area contributed by atoms with Gasteiger partial charge in [-0.2, -0.15) is 0 Å². The molecule has 0 aliphatic carbocycles. The van der Waals surface area contributed by atoms with Gasteiger partial charge in [-0.25, -0.2) is 9.97 Å². The lowest BCUT2D eigenvalue weighted by Crippen LogP contribution is -2.10. The Morgan fingerprint density at radius 1 is 1.10 bits per heavy atom. The second kappa shape index (κ2) is 4.52. The number of rotatable bonds is 2. The molecule has 1 aromatic carbocycles. The van der Waals surface area contributed by atoms with E-state index in [4.69, 9.17) is 5.73 Å². The molecule has 0 aliphatic heterocycles. The zero-order valence-corrected chi connectivity index (χ0v) is 11.8. The van der Waals surface area contributed by atoms with E-state index in [1.807, 2.05) is 56.3 Å². The van der Waals surface area contributed by atoms with E-state index in [9.17, 15) is 0 Å². The van der Waals surface area contributed by atoms with Crippen LogP contribution in [0.15, 0.2) is 30.3 Å². The third kappa shape index (κ3) is 2.07. The van der Waals surface area contributed by atoms with Crippen LogP contribution >= 0.6 is 0 Å². The number of fused-ring (bicyclic) bond motifs is 1. The molecule has 102 valence electrons. The molecule has 3 rings (SSSR count). The predicted octanol–water partition coefficient (Wildman–Crippen LogP) is 2.58. The molecule has 0 saturated heterocycles. The van der Waals surface area contributed by atoms with Crippen LogP contribution < -0.4 is 10.6 Å². The SMILES string of the molecule is Cc1cc(N)ccc1-c1nc2nc(N(C)C)ccc2[nH]1. The molecule has 0 bridgehead atoms. The molecular formula is C15H17N5. The summed E-state index contributed by atoms with van der Waals surface area (Å²) in [6, 6.07) is 9.78. The standard InChI is InChI=1S/C15H17N5/c1-9-8-10(16)4-5-11(9)14-17-12-6-7-13(20(2)3)18-15(12)19-14/h4-8H,16H2,1-3H3,(H,17,18,19). The molecule has 3 aromatic rings. The van der Waals surface area contributed by atoms with E-state index in [1.165, 1.54) is 0 Å². The second-order valence-corrected chi connectivity index (χ2v) is 5.09. The van der Waals surface area contributed by atoms with Crippen molar-refractivity contribution < 1.29 is 0 Å². The maximum atomic E-state index is 5.79. The third-order valence-corrected chi connectivity index (χ3v) is 3.29. The molecule has 3 N–H and O–H groups in total. The maximum Gasteiger partial charge on any atom is 0.180 e. The van der Waals surface area contributed by atoms with Crippen LogP contribution in [0.2, 0.25) is 0 Å². The second-order valence-electron chi connectivity index (χ2n) is 5.09. The number of H-pyrrole nitrogens is 1. The molecule has 2 heterocycles. The van der Waals surface area contributed by atoms with Gasteiger partial charge in [0.25, 0.3) is 0 Å². The molecule has 0 radical (unpaired) electrons. The lowest BCUT2D eigenvalue weighted by atomic mass is 10.1. The molecule has 0 spiro atoms. The van der Waals surface area contributed by atoms with Crippen LogP contribution in [0.3, 0.4) is 0 Å². The molecular weight excluding hydrogens is 250 g/mol. The minimum atomic E-state index is 0.724. The van der Waals surface area contributed by atoms with E-state index < -0.39 is 0 Å². The average molecular weight is 267 g/mol. The van der Waals surface area contributed by atoms with Crippen molar-refractivity contribution in [3.8, 4) is 11.4 Å². The summed E-state index contributed by atoms with van der Waals surface area (Å²) in [6.45, 7) is 2.03. The monoisotopic (exact) mass is 267 g/mol. The van der Waals surface area contributed by atoms with E-state index in [0.29, 0.717) is 0 Å². The number of aromatic amines is 1. The van der Waals surface area contributed by atoms with Crippen LogP contribution in [0.4, 0.5) is 11.5 Å². The number of nitrogen functional groups attached to an aromatic ring is 1. The summed E-state index contributed by atoms with van der Waals surface area (Å²) >= 11 is 0. The van der Waals surface area contributed by atoms with Gasteiger partial charge in [-0.1, -0.05) is 0 Å². The van der Waals surface area contributed by atoms with Crippen molar-refractivity contribution in [3.05, 3.63) is 35.9 Å². The third-order valence-electron chi connectivity index (χ3n) is 3.29. The Kier molecular flexibility index (Phi) is 2.82. The summed E-state index contributed by atoms with van der Waals surface area (Å²) < 4.78 is 0. The molecule has 5 heteroatoms. The normalized spacial score (nSPS) is 10.9. The van der Waals surface area contributed by atoms with Gasteiger partial charge in [-0.15, -0.1) is 0 Å². The Morgan fingerprint density at radius 2 is 1.90 bits per heavy atom. The van der Waals surface area contributed by atoms with Crippen molar-refractivity contribution in [1.29, 1.82) is 0 Å². The number of nitrogens with two attached hydrogens (primary N) is 1. The van der Waals surface area contributed by atoms with Crippen LogP contribution in [-0.4, -0.2) is 29.0 Å². The Bertz CT molecular complexity index is 773. The highest BCUT2D eigenvalue weighted by Crippen LogP contribution is 2.25. The van der Waals surface area contributed by atoms with E-state index in [1.54, 1.807) is 0 Å². The van der Waals surface area contributed by atoms with Gasteiger partial charge in [-0.3, -0.25) is 0 Å². The minimum absolute atomic E-state index is 0.724. The molecule has 2 aromatic heterocycles. The van der Waals surface area contributed by atoms with E-state index in [2.05, 4.69) is 15.0 Å². The number of aromatic nitrogens is 3. The zero-order chi connectivity index (χ0) is 14.3. The van der Waals surface area contributed by atoms with Crippen molar-refractivity contribution >= 4 is 22.7 Å². The van der Waals surface area contributed by atoms with Crippen molar-refractivity contribution in [2.75, 3.05) is 24.7 Å². The number of imidazole rings is 1. The molecule has 0 fully saturated rings. The first kappa shape index (κ1) is 12.5. The highest BCUT2D eigenvalue weighted by atomic mass is 15.1. The van der Waals surface area contributed by atoms with Crippen molar-refractivity contribution in [2.45, 2.75) is 6.92 Å². The zero-order valence-electron chi connectivity index (χ0n) is 11.8. The number of hydrogen-bond donors (Lipinski definition) is 2. The topological polar surface area (TPSA) is 70.8 Å². The first-order valence-electron chi connectivity index (χ1n) is 6.45. The van der Waals surface area contributed by atoms with Gasteiger partial charge < -0.3 is 15.6 Å². The van der Waals surface area contributed by atoms with Gasteiger partial charge in [0.1, 0.15) is 11.6 Å². The van der Waals surface area contributed by atoms with E-state index in [-0.39, 0.29) is 0 Å². The van der Waals surface area contributed by atoms with Gasteiger partial charge in [-0.05, 0) is 42.8 Å². The molecule has 0 saturated carbocycles. The lowest BCUT2D eigenvalue weighted by Gasteiger charge is -2.09. The first-order chi connectivity index (χ1) is 9.54. The molecule has 20 heavy (non-hydrogen) atoms. The number of pyridine rings is 1. The summed E-state index contributed by atoms with van der Waals surface area (Å²) in [7, 11) is 3.93.